The van der Waals surface area contributed by atoms with E-state index in [-0.39, 0.29) is 32.3 Å². The van der Waals surface area contributed by atoms with E-state index in [1.54, 1.807) is 6.08 Å². The molecule has 4 N–H and O–H groups in total. The van der Waals surface area contributed by atoms with Crippen molar-refractivity contribution in [2.75, 3.05) is 23.7 Å². The summed E-state index contributed by atoms with van der Waals surface area (Å²) in [6.07, 6.45) is 2.95. The molecule has 0 radical (unpaired) electrons. The van der Waals surface area contributed by atoms with Crippen LogP contribution >= 0.6 is 35.3 Å². The van der Waals surface area contributed by atoms with Crippen molar-refractivity contribution in [3.05, 3.63) is 74.4 Å². The van der Waals surface area contributed by atoms with E-state index >= 15 is 0 Å². The Labute approximate surface area is 303 Å². The van der Waals surface area contributed by atoms with Crippen molar-refractivity contribution < 1.29 is 51.9 Å². The first-order chi connectivity index (χ1) is 23.4. The molecule has 2 aromatic heterocycles. The summed E-state index contributed by atoms with van der Waals surface area (Å²) in [5, 5.41) is 28.3. The summed E-state index contributed by atoms with van der Waals surface area (Å²) in [6, 6.07) is 5.80. The number of aliphatic carboxylic acids is 3. The number of amides is 1. The van der Waals surface area contributed by atoms with Crippen molar-refractivity contribution in [2.24, 2.45) is 0 Å². The molecule has 1 amide bonds. The van der Waals surface area contributed by atoms with Gasteiger partial charge in [-0.2, -0.15) is 0 Å². The van der Waals surface area contributed by atoms with E-state index < -0.39 is 101 Å². The number of carbonyl (C=O) groups is 4. The molecule has 3 aromatic rings. The number of nitrogens with zero attached hydrogens (tertiary/aromatic N) is 4. The number of aromatic nitrogens is 2. The molecule has 2 aliphatic rings. The van der Waals surface area contributed by atoms with E-state index in [1.165, 1.54) is 6.08 Å². The first-order valence-electron chi connectivity index (χ1n) is 14.1. The average Bonchev–Trinajstić information content (AvgIpc) is 3.69. The van der Waals surface area contributed by atoms with Crippen LogP contribution in [-0.2, 0) is 42.4 Å². The van der Waals surface area contributed by atoms with Gasteiger partial charge in [0.1, 0.15) is 6.54 Å². The van der Waals surface area contributed by atoms with Crippen LogP contribution in [-0.4, -0.2) is 110 Å². The molecule has 0 atom stereocenters. The van der Waals surface area contributed by atoms with Crippen molar-refractivity contribution in [1.29, 1.82) is 0 Å². The van der Waals surface area contributed by atoms with Crippen molar-refractivity contribution in [1.82, 2.24) is 14.0 Å². The topological polar surface area (TPSA) is 247 Å². The number of allylic oxidation sites excluding steroid dienone is 1. The summed E-state index contributed by atoms with van der Waals surface area (Å²) in [4.78, 5) is 77.5. The summed E-state index contributed by atoms with van der Waals surface area (Å²) >= 11 is 5.25. The molecular formula is C28H24N4O13S4Te. The Bertz CT molecular complexity index is 2480. The third-order valence-electron chi connectivity index (χ3n) is 6.96. The van der Waals surface area contributed by atoms with E-state index in [1.807, 2.05) is 30.0 Å². The zero-order valence-corrected chi connectivity index (χ0v) is 31.0. The summed E-state index contributed by atoms with van der Waals surface area (Å²) in [5.41, 5.74) is -1.06. The van der Waals surface area contributed by atoms with Gasteiger partial charge in [0.15, 0.2) is 0 Å². The molecule has 5 rings (SSSR count). The quantitative estimate of drug-likeness (QED) is 0.0946. The molecule has 1 saturated heterocycles. The van der Waals surface area contributed by atoms with Crippen LogP contribution in [0.15, 0.2) is 42.0 Å². The third kappa shape index (κ3) is 7.96. The minimum atomic E-state index is -4.21. The Morgan fingerprint density at radius 1 is 0.960 bits per heavy atom. The second-order valence-corrected chi connectivity index (χ2v) is 17.8. The van der Waals surface area contributed by atoms with Gasteiger partial charge < -0.3 is 5.11 Å². The van der Waals surface area contributed by atoms with Gasteiger partial charge in [0, 0.05) is 0 Å². The number of rotatable bonds is 11. The van der Waals surface area contributed by atoms with Gasteiger partial charge in [0.05, 0.1) is 0 Å². The first-order valence-corrected chi connectivity index (χ1v) is 20.0. The number of oxazole rings is 1. The molecule has 0 aliphatic carbocycles. The molecule has 1 fully saturated rings. The van der Waals surface area contributed by atoms with Crippen LogP contribution in [0.4, 0.5) is 5.69 Å². The fourth-order valence-corrected chi connectivity index (χ4v) is 11.0. The van der Waals surface area contributed by atoms with Gasteiger partial charge in [-0.1, -0.05) is 12.2 Å². The van der Waals surface area contributed by atoms with Crippen LogP contribution in [0.25, 0.3) is 11.0 Å². The molecule has 22 heteroatoms. The number of hydrogen-bond donors (Lipinski definition) is 4. The maximum absolute atomic E-state index is 13.7. The second-order valence-electron chi connectivity index (χ2n) is 10.6. The van der Waals surface area contributed by atoms with Crippen LogP contribution in [0.2, 0.25) is 0 Å². The van der Waals surface area contributed by atoms with Crippen LogP contribution in [0.3, 0.4) is 0 Å². The normalized spacial score (nSPS) is 17.6. The van der Waals surface area contributed by atoms with Crippen LogP contribution in [0.1, 0.15) is 12.0 Å². The SMILES string of the molecule is Cc1ccc2c(c1)N(CCCS(=O)(=O)O)C(=CC=c1o/c(=c3/s/c(=C4/SC(=S)N(CC(=O)O)C4=O)n(CC(=O)O)c3=O)n(CC(=O)O)c1=O)[Te]2. The number of carboxylic acid groups (broad SMARTS) is 3. The fraction of sp³-hybridized carbons (Fsp3) is 0.250. The predicted octanol–water partition coefficient (Wildman–Crippen LogP) is -1.77. The van der Waals surface area contributed by atoms with Crippen LogP contribution in [0.5, 0.6) is 0 Å². The first kappa shape index (κ1) is 37.2. The van der Waals surface area contributed by atoms with Crippen molar-refractivity contribution >= 4 is 115 Å². The van der Waals surface area contributed by atoms with Gasteiger partial charge in [-0.25, -0.2) is 0 Å². The maximum atomic E-state index is 13.7. The number of benzene rings is 1. The second kappa shape index (κ2) is 14.7. The van der Waals surface area contributed by atoms with Gasteiger partial charge in [-0.15, -0.1) is 0 Å². The molecule has 4 heterocycles. The summed E-state index contributed by atoms with van der Waals surface area (Å²) in [5.74, 6) is -5.68. The Hall–Kier alpha value is -4.04. The molecule has 17 nitrogen and oxygen atoms in total. The summed E-state index contributed by atoms with van der Waals surface area (Å²) < 4.78 is 40.1. The Morgan fingerprint density at radius 2 is 1.62 bits per heavy atom. The van der Waals surface area contributed by atoms with Gasteiger partial charge >= 0.3 is 277 Å². The van der Waals surface area contributed by atoms with Crippen molar-refractivity contribution in [3.63, 3.8) is 0 Å². The van der Waals surface area contributed by atoms with Crippen molar-refractivity contribution in [2.45, 2.75) is 26.4 Å². The molecule has 2 aliphatic heterocycles. The van der Waals surface area contributed by atoms with Crippen molar-refractivity contribution in [3.8, 4) is 0 Å². The molecule has 264 valence electrons. The summed E-state index contributed by atoms with van der Waals surface area (Å²) in [6.45, 7) is -0.570. The molecule has 0 bridgehead atoms. The monoisotopic (exact) mass is 882 g/mol. The number of hydrogen-bond acceptors (Lipinski definition) is 13. The molecule has 0 saturated carbocycles. The number of thiazole rings is 1. The molecule has 0 unspecified atom stereocenters. The molecule has 0 spiro atoms. The number of anilines is 1. The van der Waals surface area contributed by atoms with E-state index in [4.69, 9.17) is 16.6 Å². The molecule has 1 aromatic carbocycles. The van der Waals surface area contributed by atoms with Crippen LogP contribution < -0.4 is 29.7 Å². The van der Waals surface area contributed by atoms with Crippen LogP contribution in [0, 0.1) is 17.0 Å². The van der Waals surface area contributed by atoms with E-state index in [9.17, 15) is 57.1 Å². The third-order valence-corrected chi connectivity index (χ3v) is 13.7. The van der Waals surface area contributed by atoms with Gasteiger partial charge in [0.25, 0.3) is 0 Å². The van der Waals surface area contributed by atoms with E-state index in [0.717, 1.165) is 23.5 Å². The fourth-order valence-electron chi connectivity index (χ4n) is 4.89. The Balaban J connectivity index is 1.73. The average molecular weight is 880 g/mol. The van der Waals surface area contributed by atoms with Gasteiger partial charge in [-0.3, -0.25) is 4.79 Å². The number of thiocarbonyl (C=S) groups is 1. The number of carbonyl (C=O) groups excluding carboxylic acids is 1. The van der Waals surface area contributed by atoms with E-state index in [2.05, 4.69) is 0 Å². The number of aryl methyl sites for hydroxylation is 1. The molecular weight excluding hydrogens is 856 g/mol. The minimum absolute atomic E-state index is 0.0920. The number of thioether (sulfide) groups is 1. The standard InChI is InChI=1S/C28H24N4O13S4Te/c1-13-3-5-16-14(9-13)29(7-2-8-49(42,43)44)17(50-16)6-4-15-23(39)30(10-18(33)34)26(45-15)21-24(40)31(11-19(35)36)27(47-21)22-25(41)32(12-20(37)38)28(46)48-22/h3-6,9H,2,7-8,10-12H2,1H3,(H,33,34)(H,35,36)(H,37,38)(H,42,43,44)/b15-4?,17-6?,26-21+,27-22+. The zero-order chi connectivity index (χ0) is 36.7. The van der Waals surface area contributed by atoms with Gasteiger partial charge in [0.2, 0.25) is 0 Å². The van der Waals surface area contributed by atoms with E-state index in [0.29, 0.717) is 32.2 Å². The predicted molar refractivity (Wildman–Crippen MR) is 184 cm³/mol. The zero-order valence-electron chi connectivity index (χ0n) is 25.4. The number of fused-ring (bicyclic) bond motifs is 1. The Kier molecular flexibility index (Phi) is 10.9. The number of carboxylic acids is 3. The van der Waals surface area contributed by atoms with Gasteiger partial charge in [-0.05, 0) is 0 Å². The Morgan fingerprint density at radius 3 is 2.26 bits per heavy atom. The molecule has 50 heavy (non-hydrogen) atoms. The summed E-state index contributed by atoms with van der Waals surface area (Å²) in [7, 11) is -4.21.